The number of thioether (sulfide) groups is 1. The maximum Gasteiger partial charge on any atom is 0.261 e. The zero-order chi connectivity index (χ0) is 22.1. The predicted octanol–water partition coefficient (Wildman–Crippen LogP) is 3.15. The first-order valence-corrected chi connectivity index (χ1v) is 11.6. The van der Waals surface area contributed by atoms with Crippen molar-refractivity contribution in [3.63, 3.8) is 0 Å². The first kappa shape index (κ1) is 22.9. The molecule has 0 saturated heterocycles. The molecule has 9 heteroatoms. The van der Waals surface area contributed by atoms with E-state index in [-0.39, 0.29) is 22.3 Å². The van der Waals surface area contributed by atoms with Crippen LogP contribution >= 0.6 is 23.4 Å². The van der Waals surface area contributed by atoms with Gasteiger partial charge in [0, 0.05) is 24.2 Å². The van der Waals surface area contributed by atoms with Crippen LogP contribution in [0.2, 0.25) is 5.02 Å². The molecule has 0 aromatic heterocycles. The number of halogens is 2. The molecule has 2 unspecified atom stereocenters. The van der Waals surface area contributed by atoms with Gasteiger partial charge in [0.05, 0.1) is 10.6 Å². The number of aliphatic imine (C=N–C) groups is 1. The Balaban J connectivity index is 1.79. The van der Waals surface area contributed by atoms with Crippen molar-refractivity contribution in [3.05, 3.63) is 40.3 Å². The van der Waals surface area contributed by atoms with Crippen molar-refractivity contribution in [2.45, 2.75) is 31.3 Å². The van der Waals surface area contributed by atoms with Gasteiger partial charge in [0.1, 0.15) is 17.2 Å². The molecule has 6 N–H and O–H groups in total. The van der Waals surface area contributed by atoms with Crippen LogP contribution in [0.3, 0.4) is 0 Å². The summed E-state index contributed by atoms with van der Waals surface area (Å²) in [5.41, 5.74) is 12.7. The number of amidine groups is 1. The van der Waals surface area contributed by atoms with E-state index in [4.69, 9.17) is 23.1 Å². The molecule has 0 radical (unpaired) electrons. The van der Waals surface area contributed by atoms with Gasteiger partial charge < -0.3 is 21.9 Å². The van der Waals surface area contributed by atoms with E-state index in [1.807, 2.05) is 6.26 Å². The lowest BCUT2D eigenvalue weighted by atomic mass is 9.92. The van der Waals surface area contributed by atoms with Crippen LogP contribution in [-0.4, -0.2) is 41.5 Å². The minimum Gasteiger partial charge on any atom is -0.401 e. The number of nitrogens with zero attached hydrogens (tertiary/aromatic N) is 1. The fourth-order valence-electron chi connectivity index (χ4n) is 4.89. The second-order valence-electron chi connectivity index (χ2n) is 8.28. The Morgan fingerprint density at radius 3 is 2.53 bits per heavy atom. The Bertz CT molecular complexity index is 878. The van der Waals surface area contributed by atoms with Crippen molar-refractivity contribution in [2.75, 3.05) is 24.4 Å². The highest BCUT2D eigenvalue weighted by atomic mass is 35.5. The molecular formula is C21H28ClFN4O2S. The van der Waals surface area contributed by atoms with E-state index in [1.54, 1.807) is 11.8 Å². The first-order chi connectivity index (χ1) is 14.2. The topological polar surface area (TPSA) is 114 Å². The van der Waals surface area contributed by atoms with Crippen LogP contribution in [0.15, 0.2) is 34.5 Å². The van der Waals surface area contributed by atoms with Crippen LogP contribution in [0.25, 0.3) is 0 Å². The summed E-state index contributed by atoms with van der Waals surface area (Å²) in [7, 11) is 1.50. The number of hydrogen-bond acceptors (Lipinski definition) is 5. The number of fused-ring (bicyclic) bond motifs is 1. The molecule has 0 bridgehead atoms. The van der Waals surface area contributed by atoms with E-state index < -0.39 is 17.3 Å². The number of aliphatic hydroxyl groups is 1. The standard InChI is InChI=1S/C21H28ClFN4O2S/c1-26-19(25)17(20(28)27-14-3-4-16(23)15(22)7-14)18(24)11-5-12-8-21(29,10-30-2)9-13(12)6-11/h3-4,7,11-13,29H,5-6,8-10,24H2,1-2H3,(H2,25,26)(H,27,28)/b18-17+. The van der Waals surface area contributed by atoms with Crippen LogP contribution in [-0.2, 0) is 4.79 Å². The molecule has 2 aliphatic rings. The van der Waals surface area contributed by atoms with E-state index >= 15 is 0 Å². The largest absolute Gasteiger partial charge is 0.401 e. The molecule has 30 heavy (non-hydrogen) atoms. The lowest BCUT2D eigenvalue weighted by Gasteiger charge is -2.24. The molecule has 6 nitrogen and oxygen atoms in total. The lowest BCUT2D eigenvalue weighted by molar-refractivity contribution is -0.112. The summed E-state index contributed by atoms with van der Waals surface area (Å²) in [5.74, 6) is 0.467. The molecule has 2 atom stereocenters. The SMILES string of the molecule is CN=C(N)/C(C(=O)Nc1ccc(F)c(Cl)c1)=C(\N)C1CC2CC(O)(CSC)CC2C1. The molecule has 0 heterocycles. The average Bonchev–Trinajstić information content (AvgIpc) is 3.19. The number of amides is 1. The maximum absolute atomic E-state index is 13.4. The molecule has 3 rings (SSSR count). The number of carbonyl (C=O) groups excluding carboxylic acids is 1. The van der Waals surface area contributed by atoms with Crippen LogP contribution in [0, 0.1) is 23.6 Å². The number of hydrogen-bond donors (Lipinski definition) is 4. The highest BCUT2D eigenvalue weighted by molar-refractivity contribution is 7.98. The number of nitrogens with two attached hydrogens (primary N) is 2. The molecular weight excluding hydrogens is 427 g/mol. The summed E-state index contributed by atoms with van der Waals surface area (Å²) in [6, 6.07) is 3.92. The number of carbonyl (C=O) groups is 1. The number of nitrogens with one attached hydrogen (secondary N) is 1. The average molecular weight is 455 g/mol. The lowest BCUT2D eigenvalue weighted by Crippen LogP contribution is -2.32. The second-order valence-corrected chi connectivity index (χ2v) is 9.55. The molecule has 0 aliphatic heterocycles. The highest BCUT2D eigenvalue weighted by Gasteiger charge is 2.49. The summed E-state index contributed by atoms with van der Waals surface area (Å²) < 4.78 is 13.4. The van der Waals surface area contributed by atoms with Crippen molar-refractivity contribution < 1.29 is 14.3 Å². The minimum absolute atomic E-state index is 0.00307. The van der Waals surface area contributed by atoms with Crippen molar-refractivity contribution in [1.29, 1.82) is 0 Å². The van der Waals surface area contributed by atoms with Crippen molar-refractivity contribution in [2.24, 2.45) is 34.2 Å². The summed E-state index contributed by atoms with van der Waals surface area (Å²) >= 11 is 7.46. The van der Waals surface area contributed by atoms with Gasteiger partial charge in [0.2, 0.25) is 0 Å². The molecule has 2 fully saturated rings. The normalized spacial score (nSPS) is 29.5. The number of anilines is 1. The van der Waals surface area contributed by atoms with Gasteiger partial charge in [0.25, 0.3) is 5.91 Å². The fraction of sp³-hybridized carbons (Fsp3) is 0.524. The molecule has 0 spiro atoms. The van der Waals surface area contributed by atoms with E-state index in [9.17, 15) is 14.3 Å². The summed E-state index contributed by atoms with van der Waals surface area (Å²) in [5, 5.41) is 13.3. The van der Waals surface area contributed by atoms with Crippen LogP contribution in [0.1, 0.15) is 25.7 Å². The third-order valence-corrected chi connectivity index (χ3v) is 7.28. The van der Waals surface area contributed by atoms with E-state index in [2.05, 4.69) is 10.3 Å². The first-order valence-electron chi connectivity index (χ1n) is 9.87. The Hall–Kier alpha value is -1.77. The van der Waals surface area contributed by atoms with Crippen LogP contribution in [0.4, 0.5) is 10.1 Å². The van der Waals surface area contributed by atoms with E-state index in [0.717, 1.165) is 31.4 Å². The van der Waals surface area contributed by atoms with Gasteiger partial charge in [-0.05, 0) is 67.9 Å². The quantitative estimate of drug-likeness (QED) is 0.299. The van der Waals surface area contributed by atoms with E-state index in [0.29, 0.717) is 23.2 Å². The summed E-state index contributed by atoms with van der Waals surface area (Å²) in [4.78, 5) is 16.9. The number of rotatable bonds is 6. The summed E-state index contributed by atoms with van der Waals surface area (Å²) in [6.45, 7) is 0. The second kappa shape index (κ2) is 9.16. The molecule has 1 aromatic carbocycles. The molecule has 1 aromatic rings. The monoisotopic (exact) mass is 454 g/mol. The zero-order valence-corrected chi connectivity index (χ0v) is 18.7. The molecule has 164 valence electrons. The Morgan fingerprint density at radius 1 is 1.37 bits per heavy atom. The molecule has 2 aliphatic carbocycles. The molecule has 1 amide bonds. The van der Waals surface area contributed by atoms with E-state index in [1.165, 1.54) is 25.2 Å². The van der Waals surface area contributed by atoms with Gasteiger partial charge in [-0.15, -0.1) is 0 Å². The van der Waals surface area contributed by atoms with Crippen molar-refractivity contribution in [1.82, 2.24) is 0 Å². The van der Waals surface area contributed by atoms with Gasteiger partial charge in [0.15, 0.2) is 0 Å². The van der Waals surface area contributed by atoms with Crippen molar-refractivity contribution >= 4 is 40.8 Å². The Kier molecular flexibility index (Phi) is 6.99. The zero-order valence-electron chi connectivity index (χ0n) is 17.1. The number of benzene rings is 1. The van der Waals surface area contributed by atoms with Gasteiger partial charge in [-0.1, -0.05) is 11.6 Å². The van der Waals surface area contributed by atoms with Crippen molar-refractivity contribution in [3.8, 4) is 0 Å². The predicted molar refractivity (Wildman–Crippen MR) is 121 cm³/mol. The Labute approximate surface area is 185 Å². The smallest absolute Gasteiger partial charge is 0.261 e. The van der Waals surface area contributed by atoms with Gasteiger partial charge >= 0.3 is 0 Å². The van der Waals surface area contributed by atoms with Crippen LogP contribution < -0.4 is 16.8 Å². The van der Waals surface area contributed by atoms with Gasteiger partial charge in [-0.25, -0.2) is 4.39 Å². The Morgan fingerprint density at radius 2 is 2.00 bits per heavy atom. The van der Waals surface area contributed by atoms with Gasteiger partial charge in [-0.3, -0.25) is 9.79 Å². The van der Waals surface area contributed by atoms with Crippen LogP contribution in [0.5, 0.6) is 0 Å². The third-order valence-electron chi connectivity index (χ3n) is 6.17. The fourth-order valence-corrected chi connectivity index (χ4v) is 5.84. The minimum atomic E-state index is -0.607. The number of allylic oxidation sites excluding steroid dienone is 1. The maximum atomic E-state index is 13.4. The highest BCUT2D eigenvalue weighted by Crippen LogP contribution is 2.52. The summed E-state index contributed by atoms with van der Waals surface area (Å²) in [6.07, 6.45) is 5.14. The third kappa shape index (κ3) is 4.76. The molecule has 2 saturated carbocycles. The van der Waals surface area contributed by atoms with Gasteiger partial charge in [-0.2, -0.15) is 11.8 Å².